The lowest BCUT2D eigenvalue weighted by Gasteiger charge is -2.24. The summed E-state index contributed by atoms with van der Waals surface area (Å²) < 4.78 is 34.3. The fraction of sp³-hybridized carbons (Fsp3) is 0.755. The number of unbranched alkanes of at least 4 members (excludes halogenated alkanes) is 18. The molecule has 0 amide bonds. The van der Waals surface area contributed by atoms with E-state index in [2.05, 4.69) is 74.6 Å². The van der Waals surface area contributed by atoms with Gasteiger partial charge < -0.3 is 18.9 Å². The SMILES string of the molecule is CCCCCCC/C=C/CCCCCCCC(=O)O[C@@H](COC(=O)CCC/C=C/C/C=C/C/C=C/C/C=C/CCCCCCCCC)COP(=O)(O)OCC[N+](C)(C)C. The molecule has 10 heteroatoms. The lowest BCUT2D eigenvalue weighted by molar-refractivity contribution is -0.870. The van der Waals surface area contributed by atoms with Crippen molar-refractivity contribution in [2.24, 2.45) is 0 Å². The fourth-order valence-electron chi connectivity index (χ4n) is 6.06. The first kappa shape index (κ1) is 56.7. The minimum absolute atomic E-state index is 0.0196. The Kier molecular flexibility index (Phi) is 39.5. The third-order valence-corrected chi connectivity index (χ3v) is 10.8. The van der Waals surface area contributed by atoms with Crippen molar-refractivity contribution in [2.45, 2.75) is 193 Å². The summed E-state index contributed by atoms with van der Waals surface area (Å²) in [5, 5.41) is 0. The number of carbonyl (C=O) groups is 2. The number of quaternary nitrogens is 1. The molecule has 0 aromatic rings. The van der Waals surface area contributed by atoms with Crippen molar-refractivity contribution in [2.75, 3.05) is 47.5 Å². The van der Waals surface area contributed by atoms with Gasteiger partial charge in [-0.1, -0.05) is 158 Å². The quantitative estimate of drug-likeness (QED) is 0.0213. The van der Waals surface area contributed by atoms with Crippen LogP contribution in [0.15, 0.2) is 60.8 Å². The minimum atomic E-state index is -4.39. The topological polar surface area (TPSA) is 108 Å². The molecule has 342 valence electrons. The second-order valence-electron chi connectivity index (χ2n) is 16.8. The summed E-state index contributed by atoms with van der Waals surface area (Å²) in [5.41, 5.74) is 0. The number of hydrogen-bond donors (Lipinski definition) is 1. The Bertz CT molecular complexity index is 1190. The van der Waals surface area contributed by atoms with E-state index in [1.807, 2.05) is 21.1 Å². The van der Waals surface area contributed by atoms with Gasteiger partial charge in [-0.05, 0) is 77.0 Å². The second kappa shape index (κ2) is 41.1. The number of allylic oxidation sites excluding steroid dienone is 10. The average molecular weight is 851 g/mol. The third kappa shape index (κ3) is 45.1. The highest BCUT2D eigenvalue weighted by Crippen LogP contribution is 2.43. The van der Waals surface area contributed by atoms with E-state index in [1.165, 1.54) is 89.9 Å². The molecular formula is C49H89NO8P+. The molecule has 0 saturated heterocycles. The number of carbonyl (C=O) groups excluding carboxylic acids is 2. The molecular weight excluding hydrogens is 762 g/mol. The van der Waals surface area contributed by atoms with Crippen LogP contribution < -0.4 is 0 Å². The highest BCUT2D eigenvalue weighted by molar-refractivity contribution is 7.47. The van der Waals surface area contributed by atoms with Crippen molar-refractivity contribution in [3.05, 3.63) is 60.8 Å². The minimum Gasteiger partial charge on any atom is -0.462 e. The molecule has 0 aliphatic heterocycles. The van der Waals surface area contributed by atoms with Gasteiger partial charge in [0.25, 0.3) is 0 Å². The third-order valence-electron chi connectivity index (χ3n) is 9.77. The Balaban J connectivity index is 4.42. The van der Waals surface area contributed by atoms with Crippen molar-refractivity contribution in [3.63, 3.8) is 0 Å². The lowest BCUT2D eigenvalue weighted by atomic mass is 10.1. The van der Waals surface area contributed by atoms with E-state index in [4.69, 9.17) is 18.5 Å². The molecule has 2 atom stereocenters. The van der Waals surface area contributed by atoms with Gasteiger partial charge in [-0.3, -0.25) is 18.6 Å². The molecule has 0 heterocycles. The second-order valence-corrected chi connectivity index (χ2v) is 18.2. The summed E-state index contributed by atoms with van der Waals surface area (Å²) in [6.07, 6.45) is 49.9. The number of nitrogens with zero attached hydrogens (tertiary/aromatic N) is 1. The van der Waals surface area contributed by atoms with Gasteiger partial charge in [-0.15, -0.1) is 0 Å². The van der Waals surface area contributed by atoms with Crippen molar-refractivity contribution in [1.29, 1.82) is 0 Å². The number of phosphoric ester groups is 1. The number of phosphoric acid groups is 1. The van der Waals surface area contributed by atoms with E-state index in [-0.39, 0.29) is 26.1 Å². The van der Waals surface area contributed by atoms with Gasteiger partial charge >= 0.3 is 19.8 Å². The molecule has 0 saturated carbocycles. The van der Waals surface area contributed by atoms with Crippen LogP contribution in [0.25, 0.3) is 0 Å². The highest BCUT2D eigenvalue weighted by atomic mass is 31.2. The van der Waals surface area contributed by atoms with E-state index in [0.717, 1.165) is 57.8 Å². The molecule has 0 fully saturated rings. The van der Waals surface area contributed by atoms with Crippen molar-refractivity contribution >= 4 is 19.8 Å². The maximum Gasteiger partial charge on any atom is 0.472 e. The standard InChI is InChI=1S/C49H88NO8P/c1-6-8-10-12-14-16-18-20-22-23-24-25-26-27-28-30-31-33-35-37-39-41-48(51)55-45-47(46-57-59(53,54)56-44-43-50(3,4)5)58-49(52)42-40-38-36-34-32-29-21-19-17-15-13-11-9-7-2/h19,21-23,25-26,28,30,33,35,47H,6-18,20,24,27,29,31-32,34,36-46H2,1-5H3/p+1/b21-19+,23-22+,26-25+,30-28+,35-33+/t47-/m0/s1. The van der Waals surface area contributed by atoms with E-state index < -0.39 is 32.5 Å². The number of hydrogen-bond acceptors (Lipinski definition) is 7. The van der Waals surface area contributed by atoms with Crippen molar-refractivity contribution < 1.29 is 42.1 Å². The van der Waals surface area contributed by atoms with Crippen LogP contribution in [-0.2, 0) is 32.7 Å². The normalized spacial score (nSPS) is 14.1. The Hall–Kier alpha value is -2.29. The first-order valence-corrected chi connectivity index (χ1v) is 25.0. The van der Waals surface area contributed by atoms with Crippen LogP contribution in [0.4, 0.5) is 0 Å². The van der Waals surface area contributed by atoms with Gasteiger partial charge in [0.15, 0.2) is 6.10 Å². The number of esters is 2. The predicted octanol–water partition coefficient (Wildman–Crippen LogP) is 13.6. The van der Waals surface area contributed by atoms with Gasteiger partial charge in [-0.2, -0.15) is 0 Å². The predicted molar refractivity (Wildman–Crippen MR) is 247 cm³/mol. The molecule has 0 aromatic carbocycles. The number of rotatable bonds is 42. The highest BCUT2D eigenvalue weighted by Gasteiger charge is 2.27. The van der Waals surface area contributed by atoms with Crippen LogP contribution in [0.1, 0.15) is 187 Å². The van der Waals surface area contributed by atoms with E-state index in [9.17, 15) is 19.0 Å². The van der Waals surface area contributed by atoms with Crippen LogP contribution in [-0.4, -0.2) is 74.9 Å². The average Bonchev–Trinajstić information content (AvgIpc) is 3.19. The first-order chi connectivity index (χ1) is 28.5. The van der Waals surface area contributed by atoms with Crippen molar-refractivity contribution in [1.82, 2.24) is 0 Å². The van der Waals surface area contributed by atoms with Gasteiger partial charge in [0.1, 0.15) is 19.8 Å². The summed E-state index contributed by atoms with van der Waals surface area (Å²) in [6, 6.07) is 0. The summed E-state index contributed by atoms with van der Waals surface area (Å²) in [7, 11) is 1.44. The smallest absolute Gasteiger partial charge is 0.462 e. The zero-order valence-corrected chi connectivity index (χ0v) is 39.4. The fourth-order valence-corrected chi connectivity index (χ4v) is 6.80. The molecule has 59 heavy (non-hydrogen) atoms. The monoisotopic (exact) mass is 851 g/mol. The van der Waals surface area contributed by atoms with Gasteiger partial charge in [0.05, 0.1) is 27.7 Å². The molecule has 0 radical (unpaired) electrons. The van der Waals surface area contributed by atoms with E-state index in [1.54, 1.807) is 0 Å². The van der Waals surface area contributed by atoms with Crippen LogP contribution >= 0.6 is 7.82 Å². The Morgan fingerprint density at radius 1 is 0.525 bits per heavy atom. The molecule has 9 nitrogen and oxygen atoms in total. The van der Waals surface area contributed by atoms with Gasteiger partial charge in [0.2, 0.25) is 0 Å². The van der Waals surface area contributed by atoms with Crippen molar-refractivity contribution in [3.8, 4) is 0 Å². The van der Waals surface area contributed by atoms with Crippen LogP contribution in [0, 0.1) is 0 Å². The van der Waals surface area contributed by atoms with Crippen LogP contribution in [0.5, 0.6) is 0 Å². The molecule has 0 bridgehead atoms. The van der Waals surface area contributed by atoms with Gasteiger partial charge in [0, 0.05) is 12.8 Å². The first-order valence-electron chi connectivity index (χ1n) is 23.5. The molecule has 0 aliphatic rings. The Morgan fingerprint density at radius 3 is 1.42 bits per heavy atom. The zero-order chi connectivity index (χ0) is 43.6. The molecule has 0 spiro atoms. The molecule has 1 unspecified atom stereocenters. The van der Waals surface area contributed by atoms with Crippen LogP contribution in [0.3, 0.4) is 0 Å². The largest absolute Gasteiger partial charge is 0.472 e. The lowest BCUT2D eigenvalue weighted by Crippen LogP contribution is -2.37. The molecule has 0 aliphatic carbocycles. The zero-order valence-electron chi connectivity index (χ0n) is 38.5. The molecule has 1 N–H and O–H groups in total. The number of ether oxygens (including phenoxy) is 2. The maximum absolute atomic E-state index is 12.7. The summed E-state index contributed by atoms with van der Waals surface area (Å²) in [4.78, 5) is 35.4. The van der Waals surface area contributed by atoms with E-state index >= 15 is 0 Å². The summed E-state index contributed by atoms with van der Waals surface area (Å²) in [6.45, 7) is 4.33. The summed E-state index contributed by atoms with van der Waals surface area (Å²) >= 11 is 0. The molecule has 0 aromatic heterocycles. The number of likely N-dealkylation sites (N-methyl/N-ethyl adjacent to an activating group) is 1. The maximum atomic E-state index is 12.7. The Labute approximate surface area is 362 Å². The van der Waals surface area contributed by atoms with E-state index in [0.29, 0.717) is 23.9 Å². The molecule has 0 rings (SSSR count). The Morgan fingerprint density at radius 2 is 0.932 bits per heavy atom. The van der Waals surface area contributed by atoms with Crippen LogP contribution in [0.2, 0.25) is 0 Å². The van der Waals surface area contributed by atoms with Gasteiger partial charge in [-0.25, -0.2) is 4.57 Å². The summed E-state index contributed by atoms with van der Waals surface area (Å²) in [5.74, 6) is -0.876.